The second-order valence-corrected chi connectivity index (χ2v) is 3.52. The van der Waals surface area contributed by atoms with Gasteiger partial charge in [-0.15, -0.1) is 0 Å². The topological polar surface area (TPSA) is 76.2 Å². The van der Waals surface area contributed by atoms with E-state index >= 15 is 0 Å². The molecule has 2 aromatic rings. The molecule has 0 saturated heterocycles. The zero-order chi connectivity index (χ0) is 10.3. The first-order valence-corrected chi connectivity index (χ1v) is 4.54. The average Bonchev–Trinajstić information content (AvgIpc) is 2.47. The lowest BCUT2D eigenvalue weighted by Gasteiger charge is -1.94. The smallest absolute Gasteiger partial charge is 0.358 e. The van der Waals surface area contributed by atoms with E-state index in [-0.39, 0.29) is 11.3 Å². The highest BCUT2D eigenvalue weighted by Crippen LogP contribution is 2.25. The van der Waals surface area contributed by atoms with Gasteiger partial charge in [0, 0.05) is 13.1 Å². The van der Waals surface area contributed by atoms with Gasteiger partial charge in [0.2, 0.25) is 0 Å². The number of hydrogen-bond acceptors (Lipinski definition) is 4. The van der Waals surface area contributed by atoms with Gasteiger partial charge in [0.1, 0.15) is 5.52 Å². The maximum Gasteiger partial charge on any atom is 0.358 e. The van der Waals surface area contributed by atoms with Crippen molar-refractivity contribution >= 4 is 33.0 Å². The molecule has 0 aromatic carbocycles. The van der Waals surface area contributed by atoms with Crippen molar-refractivity contribution in [3.05, 3.63) is 22.3 Å². The van der Waals surface area contributed by atoms with E-state index in [1.807, 2.05) is 0 Å². The van der Waals surface area contributed by atoms with E-state index in [1.165, 1.54) is 6.20 Å². The maximum absolute atomic E-state index is 10.8. The Balaban J connectivity index is 2.87. The quantitative estimate of drug-likeness (QED) is 0.845. The number of oxazole rings is 1. The Morgan fingerprint density at radius 1 is 1.64 bits per heavy atom. The largest absolute Gasteiger partial charge is 0.476 e. The zero-order valence-electron chi connectivity index (χ0n) is 7.11. The fourth-order valence-corrected chi connectivity index (χ4v) is 1.51. The number of carboxylic acid groups (broad SMARTS) is 1. The third-order valence-electron chi connectivity index (χ3n) is 1.68. The summed E-state index contributed by atoms with van der Waals surface area (Å²) in [6.07, 6.45) is 1.40. The zero-order valence-corrected chi connectivity index (χ0v) is 8.70. The van der Waals surface area contributed by atoms with Crippen LogP contribution in [-0.4, -0.2) is 21.0 Å². The molecule has 5 nitrogen and oxygen atoms in total. The molecule has 0 atom stereocenters. The first-order chi connectivity index (χ1) is 6.59. The molecular weight excluding hydrogens is 252 g/mol. The monoisotopic (exact) mass is 256 g/mol. The van der Waals surface area contributed by atoms with E-state index in [4.69, 9.17) is 9.52 Å². The first kappa shape index (κ1) is 9.14. The lowest BCUT2D eigenvalue weighted by atomic mass is 10.3. The minimum atomic E-state index is -1.13. The van der Waals surface area contributed by atoms with Crippen molar-refractivity contribution in [3.63, 3.8) is 0 Å². The molecule has 0 spiro atoms. The van der Waals surface area contributed by atoms with E-state index in [0.29, 0.717) is 15.9 Å². The average molecular weight is 257 g/mol. The third-order valence-corrected chi connectivity index (χ3v) is 2.27. The number of fused-ring (bicyclic) bond motifs is 1. The van der Waals surface area contributed by atoms with Crippen LogP contribution < -0.4 is 0 Å². The fraction of sp³-hybridized carbons (Fsp3) is 0.125. The molecule has 2 aromatic heterocycles. The number of halogens is 1. The molecule has 0 aliphatic rings. The normalized spacial score (nSPS) is 10.7. The van der Waals surface area contributed by atoms with Crippen molar-refractivity contribution in [2.24, 2.45) is 0 Å². The molecule has 0 amide bonds. The van der Waals surface area contributed by atoms with Crippen molar-refractivity contribution in [2.45, 2.75) is 6.92 Å². The number of pyridine rings is 1. The van der Waals surface area contributed by atoms with Gasteiger partial charge in [-0.05, 0) is 15.9 Å². The molecule has 0 unspecified atom stereocenters. The number of hydrogen-bond donors (Lipinski definition) is 1. The minimum absolute atomic E-state index is 0.121. The van der Waals surface area contributed by atoms with Crippen LogP contribution in [0.25, 0.3) is 11.1 Å². The van der Waals surface area contributed by atoms with E-state index in [9.17, 15) is 4.79 Å². The first-order valence-electron chi connectivity index (χ1n) is 3.74. The Kier molecular flexibility index (Phi) is 1.99. The van der Waals surface area contributed by atoms with Crippen molar-refractivity contribution in [2.75, 3.05) is 0 Å². The van der Waals surface area contributed by atoms with Gasteiger partial charge in [-0.1, -0.05) is 0 Å². The summed E-state index contributed by atoms with van der Waals surface area (Å²) in [4.78, 5) is 18.5. The molecule has 2 heterocycles. The number of aromatic carboxylic acids is 1. The third kappa shape index (κ3) is 1.27. The Morgan fingerprint density at radius 3 is 3.00 bits per heavy atom. The van der Waals surface area contributed by atoms with Crippen molar-refractivity contribution in [1.82, 2.24) is 9.97 Å². The number of carbonyl (C=O) groups is 1. The molecule has 6 heteroatoms. The second kappa shape index (κ2) is 3.06. The van der Waals surface area contributed by atoms with Crippen LogP contribution in [0.15, 0.2) is 15.1 Å². The summed E-state index contributed by atoms with van der Waals surface area (Å²) in [5.74, 6) is -0.713. The van der Waals surface area contributed by atoms with Crippen LogP contribution in [0.2, 0.25) is 0 Å². The van der Waals surface area contributed by atoms with Gasteiger partial charge in [0.25, 0.3) is 0 Å². The summed E-state index contributed by atoms with van der Waals surface area (Å²) in [5, 5.41) is 8.82. The van der Waals surface area contributed by atoms with Gasteiger partial charge < -0.3 is 9.52 Å². The van der Waals surface area contributed by atoms with E-state index in [0.717, 1.165) is 0 Å². The lowest BCUT2D eigenvalue weighted by molar-refractivity contribution is 0.0691. The van der Waals surface area contributed by atoms with Crippen molar-refractivity contribution in [3.8, 4) is 0 Å². The highest BCUT2D eigenvalue weighted by atomic mass is 79.9. The molecule has 14 heavy (non-hydrogen) atoms. The summed E-state index contributed by atoms with van der Waals surface area (Å²) in [6.45, 7) is 1.65. The summed E-state index contributed by atoms with van der Waals surface area (Å²) >= 11 is 3.22. The minimum Gasteiger partial charge on any atom is -0.476 e. The van der Waals surface area contributed by atoms with Crippen LogP contribution in [0.5, 0.6) is 0 Å². The number of aryl methyl sites for hydroxylation is 1. The summed E-state index contributed by atoms with van der Waals surface area (Å²) in [6, 6.07) is 0. The predicted octanol–water partition coefficient (Wildman–Crippen LogP) is 1.99. The molecule has 72 valence electrons. The summed E-state index contributed by atoms with van der Waals surface area (Å²) < 4.78 is 5.78. The Labute approximate surface area is 86.9 Å². The summed E-state index contributed by atoms with van der Waals surface area (Å²) in [5.41, 5.74) is 0.558. The molecular formula is C8H5BrN2O3. The fourth-order valence-electron chi connectivity index (χ4n) is 1.14. The SMILES string of the molecule is Cc1nc2c(Br)cnc(C(=O)O)c2o1. The predicted molar refractivity (Wildman–Crippen MR) is 51.2 cm³/mol. The Bertz CT molecular complexity index is 521. The molecule has 0 saturated carbocycles. The second-order valence-electron chi connectivity index (χ2n) is 2.67. The molecule has 0 bridgehead atoms. The van der Waals surface area contributed by atoms with Gasteiger partial charge in [0.05, 0.1) is 4.47 Å². The van der Waals surface area contributed by atoms with Gasteiger partial charge in [-0.25, -0.2) is 14.8 Å². The van der Waals surface area contributed by atoms with Gasteiger partial charge in [0.15, 0.2) is 17.2 Å². The van der Waals surface area contributed by atoms with Crippen LogP contribution >= 0.6 is 15.9 Å². The Morgan fingerprint density at radius 2 is 2.36 bits per heavy atom. The highest BCUT2D eigenvalue weighted by Gasteiger charge is 2.17. The molecule has 2 rings (SSSR count). The van der Waals surface area contributed by atoms with Crippen LogP contribution in [0.1, 0.15) is 16.4 Å². The lowest BCUT2D eigenvalue weighted by Crippen LogP contribution is -2.00. The molecule has 0 aliphatic heterocycles. The van der Waals surface area contributed by atoms with Crippen molar-refractivity contribution < 1.29 is 14.3 Å². The van der Waals surface area contributed by atoms with Crippen LogP contribution in [-0.2, 0) is 0 Å². The molecule has 0 fully saturated rings. The van der Waals surface area contributed by atoms with Gasteiger partial charge >= 0.3 is 5.97 Å². The van der Waals surface area contributed by atoms with Gasteiger partial charge in [-0.2, -0.15) is 0 Å². The Hall–Kier alpha value is -1.43. The number of nitrogens with zero attached hydrogens (tertiary/aromatic N) is 2. The molecule has 1 N–H and O–H groups in total. The maximum atomic E-state index is 10.8. The summed E-state index contributed by atoms with van der Waals surface area (Å²) in [7, 11) is 0. The number of aromatic nitrogens is 2. The number of rotatable bonds is 1. The van der Waals surface area contributed by atoms with E-state index in [2.05, 4.69) is 25.9 Å². The van der Waals surface area contributed by atoms with E-state index < -0.39 is 5.97 Å². The van der Waals surface area contributed by atoms with Crippen molar-refractivity contribution in [1.29, 1.82) is 0 Å². The van der Waals surface area contributed by atoms with E-state index in [1.54, 1.807) is 6.92 Å². The number of carboxylic acids is 1. The molecule has 0 radical (unpaired) electrons. The van der Waals surface area contributed by atoms with Crippen LogP contribution in [0.4, 0.5) is 0 Å². The molecule has 0 aliphatic carbocycles. The van der Waals surface area contributed by atoms with Crippen LogP contribution in [0, 0.1) is 6.92 Å². The van der Waals surface area contributed by atoms with Gasteiger partial charge in [-0.3, -0.25) is 0 Å². The van der Waals surface area contributed by atoms with Crippen LogP contribution in [0.3, 0.4) is 0 Å². The standard InChI is InChI=1S/C8H5BrN2O3/c1-3-11-5-4(9)2-10-6(8(12)13)7(5)14-3/h2H,1H3,(H,12,13). The highest BCUT2D eigenvalue weighted by molar-refractivity contribution is 9.10.